The van der Waals surface area contributed by atoms with Gasteiger partial charge in [-0.15, -0.1) is 0 Å². The molecule has 1 unspecified atom stereocenters. The van der Waals surface area contributed by atoms with Gasteiger partial charge in [-0.25, -0.2) is 13.1 Å². The summed E-state index contributed by atoms with van der Waals surface area (Å²) in [4.78, 5) is 2.09. The van der Waals surface area contributed by atoms with E-state index in [2.05, 4.69) is 9.62 Å². The molecular formula is C9H20N2O3S. The fraction of sp³-hybridized carbons (Fsp3) is 1.00. The van der Waals surface area contributed by atoms with Crippen LogP contribution >= 0.6 is 0 Å². The molecule has 1 atom stereocenters. The van der Waals surface area contributed by atoms with Gasteiger partial charge in [-0.2, -0.15) is 0 Å². The monoisotopic (exact) mass is 236 g/mol. The molecule has 90 valence electrons. The van der Waals surface area contributed by atoms with Crippen LogP contribution in [0.2, 0.25) is 0 Å². The number of rotatable bonds is 6. The molecule has 0 aromatic heterocycles. The molecule has 6 heteroatoms. The molecule has 1 aliphatic heterocycles. The van der Waals surface area contributed by atoms with E-state index in [-0.39, 0.29) is 12.4 Å². The lowest BCUT2D eigenvalue weighted by molar-refractivity contribution is 0.224. The predicted molar refractivity (Wildman–Crippen MR) is 59.1 cm³/mol. The third kappa shape index (κ3) is 4.46. The molecule has 1 saturated heterocycles. The van der Waals surface area contributed by atoms with Crippen LogP contribution in [0, 0.1) is 5.92 Å². The summed E-state index contributed by atoms with van der Waals surface area (Å²) in [6.45, 7) is 4.70. The fourth-order valence-electron chi connectivity index (χ4n) is 1.81. The van der Waals surface area contributed by atoms with Crippen LogP contribution in [0.25, 0.3) is 0 Å². The summed E-state index contributed by atoms with van der Waals surface area (Å²) in [6, 6.07) is 0. The molecule has 5 nitrogen and oxygen atoms in total. The van der Waals surface area contributed by atoms with Crippen LogP contribution in [-0.2, 0) is 10.0 Å². The van der Waals surface area contributed by atoms with E-state index in [0.29, 0.717) is 19.0 Å². The van der Waals surface area contributed by atoms with E-state index in [9.17, 15) is 8.42 Å². The summed E-state index contributed by atoms with van der Waals surface area (Å²) < 4.78 is 25.2. The Morgan fingerprint density at radius 3 is 2.80 bits per heavy atom. The van der Waals surface area contributed by atoms with Gasteiger partial charge in [0.05, 0.1) is 5.75 Å². The predicted octanol–water partition coefficient (Wildman–Crippen LogP) is -0.760. The number of aliphatic hydroxyl groups excluding tert-OH is 1. The first-order valence-corrected chi connectivity index (χ1v) is 7.03. The van der Waals surface area contributed by atoms with E-state index in [1.54, 1.807) is 6.92 Å². The quantitative estimate of drug-likeness (QED) is 0.636. The van der Waals surface area contributed by atoms with Gasteiger partial charge in [0.1, 0.15) is 0 Å². The maximum atomic E-state index is 11.4. The second kappa shape index (κ2) is 5.79. The largest absolute Gasteiger partial charge is 0.396 e. The average Bonchev–Trinajstić information content (AvgIpc) is 2.62. The highest BCUT2D eigenvalue weighted by Crippen LogP contribution is 2.14. The van der Waals surface area contributed by atoms with Crippen molar-refractivity contribution in [3.8, 4) is 0 Å². The van der Waals surface area contributed by atoms with E-state index < -0.39 is 10.0 Å². The number of hydrogen-bond donors (Lipinski definition) is 2. The molecular weight excluding hydrogens is 216 g/mol. The molecule has 2 N–H and O–H groups in total. The van der Waals surface area contributed by atoms with Gasteiger partial charge in [0.15, 0.2) is 0 Å². The maximum absolute atomic E-state index is 11.4. The van der Waals surface area contributed by atoms with Crippen LogP contribution in [0.4, 0.5) is 0 Å². The molecule has 0 amide bonds. The van der Waals surface area contributed by atoms with Gasteiger partial charge in [-0.1, -0.05) is 6.92 Å². The highest BCUT2D eigenvalue weighted by molar-refractivity contribution is 7.89. The van der Waals surface area contributed by atoms with Gasteiger partial charge in [0.25, 0.3) is 0 Å². The van der Waals surface area contributed by atoms with Gasteiger partial charge >= 0.3 is 0 Å². The summed E-state index contributed by atoms with van der Waals surface area (Å²) in [6.07, 6.45) is 0.970. The smallest absolute Gasteiger partial charge is 0.212 e. The molecule has 1 rings (SSSR count). The molecule has 0 aromatic carbocycles. The maximum Gasteiger partial charge on any atom is 0.212 e. The highest BCUT2D eigenvalue weighted by atomic mass is 32.2. The van der Waals surface area contributed by atoms with Gasteiger partial charge < -0.3 is 10.0 Å². The molecule has 0 spiro atoms. The summed E-state index contributed by atoms with van der Waals surface area (Å²) in [7, 11) is -3.10. The van der Waals surface area contributed by atoms with Crippen molar-refractivity contribution in [1.82, 2.24) is 9.62 Å². The molecule has 0 aliphatic carbocycles. The number of nitrogens with one attached hydrogen (secondary N) is 1. The van der Waals surface area contributed by atoms with Crippen LogP contribution in [0.5, 0.6) is 0 Å². The minimum absolute atomic E-state index is 0.152. The van der Waals surface area contributed by atoms with Crippen LogP contribution in [0.1, 0.15) is 13.3 Å². The summed E-state index contributed by atoms with van der Waals surface area (Å²) in [5.41, 5.74) is 0. The van der Waals surface area contributed by atoms with E-state index in [1.165, 1.54) is 0 Å². The first kappa shape index (κ1) is 12.9. The van der Waals surface area contributed by atoms with Crippen LogP contribution in [-0.4, -0.2) is 57.0 Å². The summed E-state index contributed by atoms with van der Waals surface area (Å²) >= 11 is 0. The van der Waals surface area contributed by atoms with Gasteiger partial charge in [-0.3, -0.25) is 0 Å². The second-order valence-corrected chi connectivity index (χ2v) is 5.88. The minimum Gasteiger partial charge on any atom is -0.396 e. The Bertz CT molecular complexity index is 279. The molecule has 0 saturated carbocycles. The number of likely N-dealkylation sites (tertiary alicyclic amines) is 1. The molecule has 1 heterocycles. The van der Waals surface area contributed by atoms with Crippen molar-refractivity contribution in [1.29, 1.82) is 0 Å². The van der Waals surface area contributed by atoms with E-state index in [0.717, 1.165) is 19.5 Å². The Kier molecular flexibility index (Phi) is 4.98. The topological polar surface area (TPSA) is 69.6 Å². The summed E-state index contributed by atoms with van der Waals surface area (Å²) in [5, 5.41) is 8.94. The van der Waals surface area contributed by atoms with Crippen LogP contribution < -0.4 is 4.72 Å². The van der Waals surface area contributed by atoms with E-state index in [4.69, 9.17) is 5.11 Å². The zero-order valence-electron chi connectivity index (χ0n) is 9.15. The number of aliphatic hydroxyl groups is 1. The molecule has 1 aliphatic rings. The third-order valence-corrected chi connectivity index (χ3v) is 4.12. The molecule has 0 bridgehead atoms. The van der Waals surface area contributed by atoms with Gasteiger partial charge in [-0.05, 0) is 18.9 Å². The van der Waals surface area contributed by atoms with Crippen molar-refractivity contribution in [2.75, 3.05) is 38.5 Å². The number of hydrogen-bond acceptors (Lipinski definition) is 4. The van der Waals surface area contributed by atoms with Gasteiger partial charge in [0, 0.05) is 26.2 Å². The van der Waals surface area contributed by atoms with Crippen molar-refractivity contribution in [3.05, 3.63) is 0 Å². The van der Waals surface area contributed by atoms with Crippen molar-refractivity contribution < 1.29 is 13.5 Å². The molecule has 0 radical (unpaired) electrons. The molecule has 1 fully saturated rings. The SMILES string of the molecule is CCNS(=O)(=O)CCN1CCC(CO)C1. The van der Waals surface area contributed by atoms with E-state index in [1.807, 2.05) is 0 Å². The van der Waals surface area contributed by atoms with Crippen molar-refractivity contribution in [2.45, 2.75) is 13.3 Å². The van der Waals surface area contributed by atoms with Crippen molar-refractivity contribution in [2.24, 2.45) is 5.92 Å². The van der Waals surface area contributed by atoms with Crippen molar-refractivity contribution >= 4 is 10.0 Å². The van der Waals surface area contributed by atoms with Crippen LogP contribution in [0.15, 0.2) is 0 Å². The Balaban J connectivity index is 2.26. The zero-order valence-corrected chi connectivity index (χ0v) is 9.96. The molecule has 15 heavy (non-hydrogen) atoms. The normalized spacial score (nSPS) is 23.5. The Morgan fingerprint density at radius 1 is 1.53 bits per heavy atom. The number of nitrogens with zero attached hydrogens (tertiary/aromatic N) is 1. The minimum atomic E-state index is -3.10. The first-order chi connectivity index (χ1) is 7.07. The second-order valence-electron chi connectivity index (χ2n) is 3.95. The fourth-order valence-corrected chi connectivity index (χ4v) is 2.89. The highest BCUT2D eigenvalue weighted by Gasteiger charge is 2.22. The Morgan fingerprint density at radius 2 is 2.27 bits per heavy atom. The summed E-state index contributed by atoms with van der Waals surface area (Å²) in [5.74, 6) is 0.478. The lowest BCUT2D eigenvalue weighted by Gasteiger charge is -2.15. The third-order valence-electron chi connectivity index (χ3n) is 2.67. The van der Waals surface area contributed by atoms with Crippen molar-refractivity contribution in [3.63, 3.8) is 0 Å². The zero-order chi connectivity index (χ0) is 11.3. The number of sulfonamides is 1. The lowest BCUT2D eigenvalue weighted by Crippen LogP contribution is -2.33. The van der Waals surface area contributed by atoms with E-state index >= 15 is 0 Å². The lowest BCUT2D eigenvalue weighted by atomic mass is 10.1. The average molecular weight is 236 g/mol. The Labute approximate surface area is 91.5 Å². The standard InChI is InChI=1S/C9H20N2O3S/c1-2-10-15(13,14)6-5-11-4-3-9(7-11)8-12/h9-10,12H,2-8H2,1H3. The first-order valence-electron chi connectivity index (χ1n) is 5.38. The van der Waals surface area contributed by atoms with Gasteiger partial charge in [0.2, 0.25) is 10.0 Å². The Hall–Kier alpha value is -0.170. The van der Waals surface area contributed by atoms with Crippen LogP contribution in [0.3, 0.4) is 0 Å². The molecule has 0 aromatic rings.